The van der Waals surface area contributed by atoms with Gasteiger partial charge in [-0.3, -0.25) is 4.79 Å². The molecule has 6 heteroatoms. The van der Waals surface area contributed by atoms with Crippen molar-refractivity contribution in [1.29, 1.82) is 0 Å². The summed E-state index contributed by atoms with van der Waals surface area (Å²) in [5.41, 5.74) is 3.88. The van der Waals surface area contributed by atoms with Crippen molar-refractivity contribution in [2.24, 2.45) is 0 Å². The molecule has 0 fully saturated rings. The van der Waals surface area contributed by atoms with E-state index in [0.29, 0.717) is 21.8 Å². The molecule has 1 aromatic heterocycles. The largest absolute Gasteiger partial charge is 0.443 e. The van der Waals surface area contributed by atoms with Crippen LogP contribution in [0.4, 0.5) is 5.69 Å². The van der Waals surface area contributed by atoms with Crippen LogP contribution in [0, 0.1) is 27.7 Å². The lowest BCUT2D eigenvalue weighted by Gasteiger charge is -2.19. The predicted octanol–water partition coefficient (Wildman–Crippen LogP) is 4.91. The Morgan fingerprint density at radius 2 is 1.75 bits per heavy atom. The number of aromatic nitrogens is 1. The standard InChI is InChI=1S/C22H22N2O3S/c1-13-10-11-14(2)18(12-13)24-21(25)19(17-8-6-5-7-9-17)27-22(26)20-15(3)23-16(4)28-20/h5-12,19H,1-4H3,(H,24,25)/t19-/m0/s1. The van der Waals surface area contributed by atoms with Crippen molar-refractivity contribution < 1.29 is 14.3 Å². The molecular formula is C22H22N2O3S. The fourth-order valence-corrected chi connectivity index (χ4v) is 3.65. The number of esters is 1. The second-order valence-electron chi connectivity index (χ2n) is 6.65. The fraction of sp³-hybridized carbons (Fsp3) is 0.227. The van der Waals surface area contributed by atoms with Crippen LogP contribution in [0.25, 0.3) is 0 Å². The number of nitrogens with one attached hydrogen (secondary N) is 1. The Bertz CT molecular complexity index is 1010. The van der Waals surface area contributed by atoms with Crippen LogP contribution in [0.3, 0.4) is 0 Å². The number of hydrogen-bond donors (Lipinski definition) is 1. The lowest BCUT2D eigenvalue weighted by Crippen LogP contribution is -2.26. The molecule has 0 unspecified atom stereocenters. The van der Waals surface area contributed by atoms with Gasteiger partial charge in [-0.1, -0.05) is 42.5 Å². The third-order valence-corrected chi connectivity index (χ3v) is 5.36. The zero-order valence-corrected chi connectivity index (χ0v) is 17.1. The number of rotatable bonds is 5. The molecule has 0 saturated heterocycles. The molecule has 0 aliphatic rings. The van der Waals surface area contributed by atoms with Gasteiger partial charge in [0.05, 0.1) is 10.7 Å². The number of benzene rings is 2. The van der Waals surface area contributed by atoms with Gasteiger partial charge in [0.2, 0.25) is 6.10 Å². The van der Waals surface area contributed by atoms with Crippen LogP contribution in [0.5, 0.6) is 0 Å². The SMILES string of the molecule is Cc1ccc(C)c(NC(=O)[C@@H](OC(=O)c2sc(C)nc2C)c2ccccc2)c1. The first kappa shape index (κ1) is 19.8. The lowest BCUT2D eigenvalue weighted by molar-refractivity contribution is -0.125. The Hall–Kier alpha value is -2.99. The van der Waals surface area contributed by atoms with Crippen molar-refractivity contribution in [2.45, 2.75) is 33.8 Å². The van der Waals surface area contributed by atoms with Gasteiger partial charge in [0, 0.05) is 11.3 Å². The van der Waals surface area contributed by atoms with Gasteiger partial charge in [-0.15, -0.1) is 11.3 Å². The molecule has 0 aliphatic carbocycles. The van der Waals surface area contributed by atoms with Crippen molar-refractivity contribution in [3.8, 4) is 0 Å². The summed E-state index contributed by atoms with van der Waals surface area (Å²) in [6, 6.07) is 14.8. The van der Waals surface area contributed by atoms with Crippen molar-refractivity contribution in [1.82, 2.24) is 4.98 Å². The normalized spacial score (nSPS) is 11.7. The number of nitrogens with zero attached hydrogens (tertiary/aromatic N) is 1. The number of carbonyl (C=O) groups is 2. The minimum atomic E-state index is -1.06. The molecule has 2 aromatic carbocycles. The molecule has 144 valence electrons. The molecule has 28 heavy (non-hydrogen) atoms. The van der Waals surface area contributed by atoms with E-state index in [1.807, 2.05) is 57.2 Å². The van der Waals surface area contributed by atoms with E-state index >= 15 is 0 Å². The zero-order valence-electron chi connectivity index (χ0n) is 16.3. The molecule has 0 spiro atoms. The monoisotopic (exact) mass is 394 g/mol. The third-order valence-electron chi connectivity index (χ3n) is 4.31. The number of aryl methyl sites for hydroxylation is 4. The average molecular weight is 394 g/mol. The van der Waals surface area contributed by atoms with Crippen LogP contribution in [-0.4, -0.2) is 16.9 Å². The smallest absolute Gasteiger partial charge is 0.351 e. The van der Waals surface area contributed by atoms with Crippen LogP contribution < -0.4 is 5.32 Å². The van der Waals surface area contributed by atoms with E-state index in [0.717, 1.165) is 16.1 Å². The number of thiazole rings is 1. The molecule has 0 bridgehead atoms. The molecule has 0 radical (unpaired) electrons. The number of anilines is 1. The highest BCUT2D eigenvalue weighted by molar-refractivity contribution is 7.13. The van der Waals surface area contributed by atoms with Gasteiger partial charge in [-0.25, -0.2) is 9.78 Å². The van der Waals surface area contributed by atoms with Gasteiger partial charge < -0.3 is 10.1 Å². The van der Waals surface area contributed by atoms with Crippen molar-refractivity contribution in [3.05, 3.63) is 80.8 Å². The average Bonchev–Trinajstić information content (AvgIpc) is 3.01. The molecular weight excluding hydrogens is 372 g/mol. The van der Waals surface area contributed by atoms with Crippen molar-refractivity contribution >= 4 is 28.9 Å². The molecule has 0 saturated carbocycles. The Morgan fingerprint density at radius 3 is 2.39 bits per heavy atom. The highest BCUT2D eigenvalue weighted by Gasteiger charge is 2.28. The lowest BCUT2D eigenvalue weighted by atomic mass is 10.1. The van der Waals surface area contributed by atoms with Gasteiger partial charge >= 0.3 is 5.97 Å². The Balaban J connectivity index is 1.89. The van der Waals surface area contributed by atoms with Crippen LogP contribution in [-0.2, 0) is 9.53 Å². The van der Waals surface area contributed by atoms with Gasteiger partial charge in [0.15, 0.2) is 0 Å². The topological polar surface area (TPSA) is 68.3 Å². The highest BCUT2D eigenvalue weighted by atomic mass is 32.1. The number of amides is 1. The predicted molar refractivity (Wildman–Crippen MR) is 111 cm³/mol. The van der Waals surface area contributed by atoms with E-state index in [4.69, 9.17) is 4.74 Å². The third kappa shape index (κ3) is 4.46. The summed E-state index contributed by atoms with van der Waals surface area (Å²) in [5, 5.41) is 3.68. The maximum atomic E-state index is 13.0. The summed E-state index contributed by atoms with van der Waals surface area (Å²) in [4.78, 5) is 30.4. The second-order valence-corrected chi connectivity index (χ2v) is 7.85. The summed E-state index contributed by atoms with van der Waals surface area (Å²) in [7, 11) is 0. The molecule has 3 aromatic rings. The second kappa shape index (κ2) is 8.35. The Morgan fingerprint density at radius 1 is 1.04 bits per heavy atom. The van der Waals surface area contributed by atoms with Crippen molar-refractivity contribution in [3.63, 3.8) is 0 Å². The minimum absolute atomic E-state index is 0.396. The molecule has 1 amide bonds. The van der Waals surface area contributed by atoms with Crippen LogP contribution in [0.15, 0.2) is 48.5 Å². The number of hydrogen-bond acceptors (Lipinski definition) is 5. The van der Waals surface area contributed by atoms with Crippen LogP contribution in [0.1, 0.15) is 43.2 Å². The van der Waals surface area contributed by atoms with E-state index < -0.39 is 18.0 Å². The highest BCUT2D eigenvalue weighted by Crippen LogP contribution is 2.26. The van der Waals surface area contributed by atoms with Crippen molar-refractivity contribution in [2.75, 3.05) is 5.32 Å². The maximum Gasteiger partial charge on any atom is 0.351 e. The first-order chi connectivity index (χ1) is 13.3. The van der Waals surface area contributed by atoms with E-state index in [-0.39, 0.29) is 0 Å². The van der Waals surface area contributed by atoms with Gasteiger partial charge in [-0.2, -0.15) is 0 Å². The quantitative estimate of drug-likeness (QED) is 0.624. The fourth-order valence-electron chi connectivity index (χ4n) is 2.85. The molecule has 0 aliphatic heterocycles. The van der Waals surface area contributed by atoms with Gasteiger partial charge in [-0.05, 0) is 44.9 Å². The first-order valence-corrected chi connectivity index (χ1v) is 9.75. The molecule has 5 nitrogen and oxygen atoms in total. The Kier molecular flexibility index (Phi) is 5.90. The van der Waals surface area contributed by atoms with Crippen LogP contribution in [0.2, 0.25) is 0 Å². The molecule has 1 atom stereocenters. The summed E-state index contributed by atoms with van der Waals surface area (Å²) in [6.07, 6.45) is -1.06. The van der Waals surface area contributed by atoms with E-state index in [9.17, 15) is 9.59 Å². The summed E-state index contributed by atoms with van der Waals surface area (Å²) >= 11 is 1.26. The summed E-state index contributed by atoms with van der Waals surface area (Å²) in [6.45, 7) is 7.46. The Labute approximate surface area is 168 Å². The minimum Gasteiger partial charge on any atom is -0.443 e. The van der Waals surface area contributed by atoms with Gasteiger partial charge in [0.25, 0.3) is 5.91 Å². The molecule has 1 heterocycles. The number of ether oxygens (including phenoxy) is 1. The zero-order chi connectivity index (χ0) is 20.3. The molecule has 1 N–H and O–H groups in total. The van der Waals surface area contributed by atoms with Gasteiger partial charge in [0.1, 0.15) is 4.88 Å². The van der Waals surface area contributed by atoms with E-state index in [1.165, 1.54) is 11.3 Å². The van der Waals surface area contributed by atoms with E-state index in [1.54, 1.807) is 19.1 Å². The van der Waals surface area contributed by atoms with E-state index in [2.05, 4.69) is 10.3 Å². The number of carbonyl (C=O) groups excluding carboxylic acids is 2. The summed E-state index contributed by atoms with van der Waals surface area (Å²) < 4.78 is 5.64. The first-order valence-electron chi connectivity index (χ1n) is 8.93. The maximum absolute atomic E-state index is 13.0. The molecule has 3 rings (SSSR count). The summed E-state index contributed by atoms with van der Waals surface area (Å²) in [5.74, 6) is -0.944. The van der Waals surface area contributed by atoms with Crippen LogP contribution >= 0.6 is 11.3 Å².